The Morgan fingerprint density at radius 2 is 1.94 bits per heavy atom. The summed E-state index contributed by atoms with van der Waals surface area (Å²) in [6.45, 7) is 6.18. The third-order valence-corrected chi connectivity index (χ3v) is 3.01. The number of ether oxygens (including phenoxy) is 1. The van der Waals surface area contributed by atoms with Crippen LogP contribution < -0.4 is 0 Å². The molecule has 0 radical (unpaired) electrons. The van der Waals surface area contributed by atoms with Gasteiger partial charge in [0.25, 0.3) is 0 Å². The number of carbonyl (C=O) groups excluding carboxylic acids is 1. The van der Waals surface area contributed by atoms with Crippen LogP contribution in [0, 0.1) is 18.8 Å². The van der Waals surface area contributed by atoms with E-state index in [9.17, 15) is 4.79 Å². The predicted molar refractivity (Wildman–Crippen MR) is 65.2 cm³/mol. The van der Waals surface area contributed by atoms with Crippen LogP contribution in [0.4, 0.5) is 0 Å². The molecule has 0 N–H and O–H groups in total. The maximum absolute atomic E-state index is 11.6. The number of aryl methyl sites for hydroxylation is 1. The molecule has 0 saturated carbocycles. The fourth-order valence-electron chi connectivity index (χ4n) is 1.82. The highest BCUT2D eigenvalue weighted by molar-refractivity contribution is 5.73. The van der Waals surface area contributed by atoms with Crippen molar-refractivity contribution in [3.63, 3.8) is 0 Å². The molecular weight excluding hydrogens is 200 g/mol. The zero-order chi connectivity index (χ0) is 12.1. The maximum atomic E-state index is 11.6. The number of carbonyl (C=O) groups is 1. The average molecular weight is 220 g/mol. The Bertz CT molecular complexity index is 356. The molecule has 0 heterocycles. The van der Waals surface area contributed by atoms with Crippen molar-refractivity contribution >= 4 is 5.97 Å². The van der Waals surface area contributed by atoms with E-state index in [1.807, 2.05) is 12.1 Å². The normalized spacial score (nSPS) is 12.6. The minimum atomic E-state index is -0.113. The lowest BCUT2D eigenvalue weighted by molar-refractivity contribution is -0.146. The van der Waals surface area contributed by atoms with Crippen molar-refractivity contribution in [1.29, 1.82) is 0 Å². The quantitative estimate of drug-likeness (QED) is 0.729. The molecule has 0 saturated heterocycles. The van der Waals surface area contributed by atoms with Crippen LogP contribution >= 0.6 is 0 Å². The number of esters is 1. The van der Waals surface area contributed by atoms with E-state index in [4.69, 9.17) is 4.74 Å². The van der Waals surface area contributed by atoms with Crippen molar-refractivity contribution in [2.75, 3.05) is 7.11 Å². The van der Waals surface area contributed by atoms with Gasteiger partial charge in [0, 0.05) is 0 Å². The Morgan fingerprint density at radius 1 is 1.31 bits per heavy atom. The summed E-state index contributed by atoms with van der Waals surface area (Å²) in [5.41, 5.74) is 2.46. The van der Waals surface area contributed by atoms with E-state index in [-0.39, 0.29) is 11.9 Å². The van der Waals surface area contributed by atoms with Crippen molar-refractivity contribution in [2.45, 2.75) is 27.2 Å². The number of rotatable bonds is 4. The third kappa shape index (κ3) is 3.09. The predicted octanol–water partition coefficient (Wildman–Crippen LogP) is 2.98. The summed E-state index contributed by atoms with van der Waals surface area (Å²) in [4.78, 5) is 11.6. The second kappa shape index (κ2) is 5.69. The minimum absolute atomic E-state index is 0.0499. The second-order valence-electron chi connectivity index (χ2n) is 4.50. The number of hydrogen-bond donors (Lipinski definition) is 0. The highest BCUT2D eigenvalue weighted by Crippen LogP contribution is 2.20. The Morgan fingerprint density at radius 3 is 2.44 bits per heavy atom. The molecule has 0 aliphatic rings. The molecule has 1 unspecified atom stereocenters. The fourth-order valence-corrected chi connectivity index (χ4v) is 1.82. The Hall–Kier alpha value is -1.31. The molecule has 0 bridgehead atoms. The summed E-state index contributed by atoms with van der Waals surface area (Å²) in [6.07, 6.45) is 0.761. The van der Waals surface area contributed by atoms with Crippen LogP contribution in [-0.2, 0) is 16.0 Å². The topological polar surface area (TPSA) is 26.3 Å². The van der Waals surface area contributed by atoms with Gasteiger partial charge in [-0.3, -0.25) is 4.79 Å². The second-order valence-corrected chi connectivity index (χ2v) is 4.50. The third-order valence-electron chi connectivity index (χ3n) is 3.01. The number of benzene rings is 1. The van der Waals surface area contributed by atoms with Crippen LogP contribution in [-0.4, -0.2) is 13.1 Å². The van der Waals surface area contributed by atoms with Gasteiger partial charge in [-0.05, 0) is 30.4 Å². The fraction of sp³-hybridized carbons (Fsp3) is 0.500. The molecule has 1 aromatic rings. The van der Waals surface area contributed by atoms with Crippen LogP contribution in [0.3, 0.4) is 0 Å². The molecule has 2 heteroatoms. The first-order chi connectivity index (χ1) is 7.56. The maximum Gasteiger partial charge on any atom is 0.309 e. The molecular formula is C14H20O2. The molecule has 0 aliphatic carbocycles. The van der Waals surface area contributed by atoms with Crippen molar-refractivity contribution in [1.82, 2.24) is 0 Å². The van der Waals surface area contributed by atoms with Crippen molar-refractivity contribution < 1.29 is 9.53 Å². The van der Waals surface area contributed by atoms with Gasteiger partial charge in [-0.15, -0.1) is 0 Å². The van der Waals surface area contributed by atoms with Gasteiger partial charge in [-0.2, -0.15) is 0 Å². The van der Waals surface area contributed by atoms with Gasteiger partial charge in [0.1, 0.15) is 0 Å². The molecule has 0 amide bonds. The first-order valence-corrected chi connectivity index (χ1v) is 5.68. The lowest BCUT2D eigenvalue weighted by atomic mass is 9.88. The summed E-state index contributed by atoms with van der Waals surface area (Å²) in [6, 6.07) is 8.18. The van der Waals surface area contributed by atoms with E-state index in [1.54, 1.807) is 0 Å². The molecule has 0 fully saturated rings. The van der Waals surface area contributed by atoms with E-state index in [0.29, 0.717) is 5.92 Å². The molecule has 88 valence electrons. The Balaban J connectivity index is 2.84. The lowest BCUT2D eigenvalue weighted by Gasteiger charge is -2.19. The molecule has 0 aromatic heterocycles. The van der Waals surface area contributed by atoms with Crippen LogP contribution in [0.2, 0.25) is 0 Å². The summed E-state index contributed by atoms with van der Waals surface area (Å²) in [7, 11) is 1.45. The molecule has 0 aliphatic heterocycles. The monoisotopic (exact) mass is 220 g/mol. The first kappa shape index (κ1) is 12.8. The SMILES string of the molecule is COC(=O)C(Cc1ccccc1C)C(C)C. The Labute approximate surface area is 97.6 Å². The van der Waals surface area contributed by atoms with Gasteiger partial charge in [0.05, 0.1) is 13.0 Å². The van der Waals surface area contributed by atoms with E-state index in [1.165, 1.54) is 18.2 Å². The minimum Gasteiger partial charge on any atom is -0.469 e. The standard InChI is InChI=1S/C14H20O2/c1-10(2)13(14(15)16-4)9-12-8-6-5-7-11(12)3/h5-8,10,13H,9H2,1-4H3. The lowest BCUT2D eigenvalue weighted by Crippen LogP contribution is -2.24. The molecule has 2 nitrogen and oxygen atoms in total. The largest absolute Gasteiger partial charge is 0.469 e. The van der Waals surface area contributed by atoms with E-state index >= 15 is 0 Å². The molecule has 1 rings (SSSR count). The zero-order valence-corrected chi connectivity index (χ0v) is 10.5. The van der Waals surface area contributed by atoms with Gasteiger partial charge in [-0.25, -0.2) is 0 Å². The van der Waals surface area contributed by atoms with Crippen LogP contribution in [0.25, 0.3) is 0 Å². The molecule has 0 spiro atoms. The zero-order valence-electron chi connectivity index (χ0n) is 10.5. The summed E-state index contributed by atoms with van der Waals surface area (Å²) in [5.74, 6) is 0.136. The average Bonchev–Trinajstić information content (AvgIpc) is 2.26. The van der Waals surface area contributed by atoms with E-state index in [2.05, 4.69) is 32.9 Å². The highest BCUT2D eigenvalue weighted by atomic mass is 16.5. The van der Waals surface area contributed by atoms with Crippen LogP contribution in [0.5, 0.6) is 0 Å². The van der Waals surface area contributed by atoms with Gasteiger partial charge >= 0.3 is 5.97 Å². The van der Waals surface area contributed by atoms with E-state index < -0.39 is 0 Å². The van der Waals surface area contributed by atoms with Crippen molar-refractivity contribution in [3.8, 4) is 0 Å². The highest BCUT2D eigenvalue weighted by Gasteiger charge is 2.23. The smallest absolute Gasteiger partial charge is 0.309 e. The van der Waals surface area contributed by atoms with Gasteiger partial charge in [-0.1, -0.05) is 38.1 Å². The first-order valence-electron chi connectivity index (χ1n) is 5.68. The van der Waals surface area contributed by atoms with Crippen molar-refractivity contribution in [2.24, 2.45) is 11.8 Å². The molecule has 1 atom stereocenters. The summed E-state index contributed by atoms with van der Waals surface area (Å²) >= 11 is 0. The van der Waals surface area contributed by atoms with Crippen LogP contribution in [0.1, 0.15) is 25.0 Å². The Kier molecular flexibility index (Phi) is 4.53. The summed E-state index contributed by atoms with van der Waals surface area (Å²) < 4.78 is 4.85. The van der Waals surface area contributed by atoms with Gasteiger partial charge < -0.3 is 4.74 Å². The molecule has 1 aromatic carbocycles. The number of methoxy groups -OCH3 is 1. The number of hydrogen-bond acceptors (Lipinski definition) is 2. The van der Waals surface area contributed by atoms with Crippen molar-refractivity contribution in [3.05, 3.63) is 35.4 Å². The van der Waals surface area contributed by atoms with E-state index in [0.717, 1.165) is 6.42 Å². The van der Waals surface area contributed by atoms with Gasteiger partial charge in [0.2, 0.25) is 0 Å². The van der Waals surface area contributed by atoms with Gasteiger partial charge in [0.15, 0.2) is 0 Å². The summed E-state index contributed by atoms with van der Waals surface area (Å²) in [5, 5.41) is 0. The van der Waals surface area contributed by atoms with Crippen LogP contribution in [0.15, 0.2) is 24.3 Å². The molecule has 16 heavy (non-hydrogen) atoms.